The van der Waals surface area contributed by atoms with Crippen molar-refractivity contribution in [3.8, 4) is 10.6 Å². The molecule has 0 spiro atoms. The molecule has 0 saturated carbocycles. The summed E-state index contributed by atoms with van der Waals surface area (Å²) >= 11 is 1.69. The number of piperidine rings is 1. The van der Waals surface area contributed by atoms with E-state index in [9.17, 15) is 0 Å². The van der Waals surface area contributed by atoms with Gasteiger partial charge in [0.05, 0.1) is 10.2 Å². The molecule has 4 N–H and O–H groups in total. The molecule has 6 nitrogen and oxygen atoms in total. The summed E-state index contributed by atoms with van der Waals surface area (Å²) in [4.78, 5) is 11.9. The van der Waals surface area contributed by atoms with Gasteiger partial charge in [0.25, 0.3) is 0 Å². The molecule has 0 aliphatic carbocycles. The van der Waals surface area contributed by atoms with E-state index in [4.69, 9.17) is 10.7 Å². The SMILES string of the molecule is NC1(c2cccc(-c3nc4ccccc4s3)c2)N=CC=C(NCCCN2CCCCC2)N1. The van der Waals surface area contributed by atoms with Crippen LogP contribution in [0.4, 0.5) is 0 Å². The molecule has 2 aromatic carbocycles. The molecule has 7 heteroatoms. The normalized spacial score (nSPS) is 21.3. The number of fused-ring (bicyclic) bond motifs is 1. The van der Waals surface area contributed by atoms with Gasteiger partial charge in [-0.2, -0.15) is 0 Å². The summed E-state index contributed by atoms with van der Waals surface area (Å²) in [7, 11) is 0. The van der Waals surface area contributed by atoms with Crippen LogP contribution in [0.15, 0.2) is 65.4 Å². The smallest absolute Gasteiger partial charge is 0.210 e. The maximum Gasteiger partial charge on any atom is 0.210 e. The van der Waals surface area contributed by atoms with Crippen LogP contribution in [0.3, 0.4) is 0 Å². The summed E-state index contributed by atoms with van der Waals surface area (Å²) < 4.78 is 1.18. The van der Waals surface area contributed by atoms with Crippen LogP contribution < -0.4 is 16.4 Å². The van der Waals surface area contributed by atoms with Gasteiger partial charge in [0.15, 0.2) is 0 Å². The molecule has 0 amide bonds. The molecule has 0 bridgehead atoms. The highest BCUT2D eigenvalue weighted by molar-refractivity contribution is 7.21. The van der Waals surface area contributed by atoms with Crippen molar-refractivity contribution in [2.24, 2.45) is 10.7 Å². The Morgan fingerprint density at radius 3 is 2.84 bits per heavy atom. The molecular weight excluding hydrogens is 416 g/mol. The number of likely N-dealkylation sites (tertiary alicyclic amines) is 1. The van der Waals surface area contributed by atoms with Crippen LogP contribution in [-0.4, -0.2) is 42.3 Å². The molecule has 2 aliphatic heterocycles. The van der Waals surface area contributed by atoms with Gasteiger partial charge < -0.3 is 15.5 Å². The van der Waals surface area contributed by atoms with Crippen LogP contribution in [0.1, 0.15) is 31.2 Å². The van der Waals surface area contributed by atoms with Gasteiger partial charge in [-0.05, 0) is 63.2 Å². The number of nitrogens with one attached hydrogen (secondary N) is 2. The van der Waals surface area contributed by atoms with Crippen LogP contribution in [0.5, 0.6) is 0 Å². The first-order valence-corrected chi connectivity index (χ1v) is 12.3. The number of hydrogen-bond donors (Lipinski definition) is 3. The Hall–Kier alpha value is -2.74. The first-order valence-electron chi connectivity index (χ1n) is 11.4. The molecule has 5 rings (SSSR count). The lowest BCUT2D eigenvalue weighted by Gasteiger charge is -2.32. The lowest BCUT2D eigenvalue weighted by atomic mass is 10.0. The van der Waals surface area contributed by atoms with Gasteiger partial charge in [-0.25, -0.2) is 9.98 Å². The van der Waals surface area contributed by atoms with Gasteiger partial charge in [0.1, 0.15) is 10.8 Å². The maximum absolute atomic E-state index is 6.70. The first kappa shape index (κ1) is 21.1. The zero-order valence-corrected chi connectivity index (χ0v) is 19.1. The predicted molar refractivity (Wildman–Crippen MR) is 134 cm³/mol. The number of benzene rings is 2. The molecule has 0 radical (unpaired) electrons. The van der Waals surface area contributed by atoms with E-state index in [1.807, 2.05) is 36.4 Å². The minimum atomic E-state index is -1.00. The quantitative estimate of drug-likeness (QED) is 0.478. The number of para-hydroxylation sites is 1. The van der Waals surface area contributed by atoms with Crippen molar-refractivity contribution in [3.05, 3.63) is 66.0 Å². The topological polar surface area (TPSA) is 78.6 Å². The van der Waals surface area contributed by atoms with Crippen molar-refractivity contribution in [2.75, 3.05) is 26.2 Å². The number of rotatable bonds is 7. The Balaban J connectivity index is 1.24. The van der Waals surface area contributed by atoms with Crippen LogP contribution in [0, 0.1) is 0 Å². The lowest BCUT2D eigenvalue weighted by Crippen LogP contribution is -2.52. The third kappa shape index (κ3) is 4.70. The maximum atomic E-state index is 6.70. The minimum absolute atomic E-state index is 0.908. The minimum Gasteiger partial charge on any atom is -0.372 e. The highest BCUT2D eigenvalue weighted by Gasteiger charge is 2.29. The summed E-state index contributed by atoms with van der Waals surface area (Å²) in [5, 5.41) is 7.87. The number of thiazole rings is 1. The number of nitrogens with zero attached hydrogens (tertiary/aromatic N) is 3. The van der Waals surface area contributed by atoms with E-state index in [-0.39, 0.29) is 0 Å². The molecule has 1 saturated heterocycles. The van der Waals surface area contributed by atoms with Gasteiger partial charge in [-0.1, -0.05) is 36.8 Å². The fourth-order valence-electron chi connectivity index (χ4n) is 4.35. The third-order valence-electron chi connectivity index (χ3n) is 6.10. The highest BCUT2D eigenvalue weighted by atomic mass is 32.1. The lowest BCUT2D eigenvalue weighted by molar-refractivity contribution is 0.226. The highest BCUT2D eigenvalue weighted by Crippen LogP contribution is 2.32. The number of allylic oxidation sites excluding steroid dienone is 1. The van der Waals surface area contributed by atoms with E-state index >= 15 is 0 Å². The van der Waals surface area contributed by atoms with E-state index in [0.717, 1.165) is 47.0 Å². The third-order valence-corrected chi connectivity index (χ3v) is 7.19. The summed E-state index contributed by atoms with van der Waals surface area (Å²) in [6.07, 6.45) is 8.90. The zero-order chi connectivity index (χ0) is 21.8. The average Bonchev–Trinajstić information content (AvgIpc) is 3.27. The molecular formula is C25H30N6S. The Kier molecular flexibility index (Phi) is 6.21. The fraction of sp³-hybridized carbons (Fsp3) is 0.360. The van der Waals surface area contributed by atoms with Gasteiger partial charge >= 0.3 is 0 Å². The molecule has 3 aromatic rings. The second kappa shape index (κ2) is 9.40. The van der Waals surface area contributed by atoms with Gasteiger partial charge in [-0.15, -0.1) is 11.3 Å². The number of aromatic nitrogens is 1. The monoisotopic (exact) mass is 446 g/mol. The van der Waals surface area contributed by atoms with Crippen LogP contribution >= 0.6 is 11.3 Å². The Labute approximate surface area is 193 Å². The van der Waals surface area contributed by atoms with Crippen molar-refractivity contribution in [1.29, 1.82) is 0 Å². The summed E-state index contributed by atoms with van der Waals surface area (Å²) in [6.45, 7) is 4.53. The molecule has 2 aliphatic rings. The van der Waals surface area contributed by atoms with Gasteiger partial charge in [-0.3, -0.25) is 5.73 Å². The molecule has 1 atom stereocenters. The Morgan fingerprint density at radius 1 is 1.09 bits per heavy atom. The fourth-order valence-corrected chi connectivity index (χ4v) is 5.31. The molecule has 3 heterocycles. The van der Waals surface area contributed by atoms with E-state index in [1.165, 1.54) is 37.1 Å². The van der Waals surface area contributed by atoms with Crippen LogP contribution in [0.25, 0.3) is 20.8 Å². The van der Waals surface area contributed by atoms with E-state index < -0.39 is 5.79 Å². The van der Waals surface area contributed by atoms with Crippen LogP contribution in [-0.2, 0) is 5.79 Å². The van der Waals surface area contributed by atoms with Gasteiger partial charge in [0, 0.05) is 23.9 Å². The molecule has 166 valence electrons. The summed E-state index contributed by atoms with van der Waals surface area (Å²) in [6, 6.07) is 16.4. The average molecular weight is 447 g/mol. The Morgan fingerprint density at radius 2 is 1.97 bits per heavy atom. The second-order valence-corrected chi connectivity index (χ2v) is 9.53. The van der Waals surface area contributed by atoms with E-state index in [0.29, 0.717) is 0 Å². The van der Waals surface area contributed by atoms with Crippen molar-refractivity contribution in [1.82, 2.24) is 20.5 Å². The largest absolute Gasteiger partial charge is 0.372 e. The standard InChI is InChI=1S/C25H30N6S/c26-25(28-14-12-23(30-25)27-13-7-17-31-15-4-1-5-16-31)20-9-6-8-19(18-20)24-29-21-10-2-3-11-22(21)32-24/h2-3,6,8-12,14,18,27,30H,1,4-5,7,13,15-17,26H2. The van der Waals surface area contributed by atoms with Crippen molar-refractivity contribution < 1.29 is 0 Å². The molecule has 1 unspecified atom stereocenters. The molecule has 1 aromatic heterocycles. The van der Waals surface area contributed by atoms with Gasteiger partial charge in [0.2, 0.25) is 5.79 Å². The summed E-state index contributed by atoms with van der Waals surface area (Å²) in [5.41, 5.74) is 9.68. The first-order chi connectivity index (χ1) is 15.7. The van der Waals surface area contributed by atoms with E-state index in [2.05, 4.69) is 38.7 Å². The second-order valence-electron chi connectivity index (χ2n) is 8.50. The van der Waals surface area contributed by atoms with Crippen molar-refractivity contribution in [3.63, 3.8) is 0 Å². The number of aliphatic imine (C=N–C) groups is 1. The Bertz CT molecular complexity index is 1100. The number of hydrogen-bond acceptors (Lipinski definition) is 7. The zero-order valence-electron chi connectivity index (χ0n) is 18.3. The van der Waals surface area contributed by atoms with Crippen molar-refractivity contribution in [2.45, 2.75) is 31.5 Å². The predicted octanol–water partition coefficient (Wildman–Crippen LogP) is 4.01. The van der Waals surface area contributed by atoms with Crippen molar-refractivity contribution >= 4 is 27.8 Å². The molecule has 32 heavy (non-hydrogen) atoms. The number of nitrogens with two attached hydrogens (primary N) is 1. The van der Waals surface area contributed by atoms with E-state index in [1.54, 1.807) is 17.6 Å². The van der Waals surface area contributed by atoms with Crippen LogP contribution in [0.2, 0.25) is 0 Å². The molecule has 1 fully saturated rings. The summed E-state index contributed by atoms with van der Waals surface area (Å²) in [5.74, 6) is -0.0945.